The highest BCUT2D eigenvalue weighted by molar-refractivity contribution is 6.01. The maximum absolute atomic E-state index is 11.7. The molecule has 0 spiro atoms. The molecule has 0 aliphatic rings. The second-order valence-electron chi connectivity index (χ2n) is 3.22. The van der Waals surface area contributed by atoms with E-state index in [0.717, 1.165) is 0 Å². The average Bonchev–Trinajstić information content (AvgIpc) is 2.76. The van der Waals surface area contributed by atoms with Gasteiger partial charge in [-0.2, -0.15) is 4.98 Å². The van der Waals surface area contributed by atoms with Crippen LogP contribution in [0.25, 0.3) is 0 Å². The number of rotatable bonds is 2. The predicted molar refractivity (Wildman–Crippen MR) is 63.1 cm³/mol. The van der Waals surface area contributed by atoms with Crippen molar-refractivity contribution in [2.24, 2.45) is 0 Å². The number of hydrogen-bond acceptors (Lipinski definition) is 4. The molecule has 6 heteroatoms. The molecule has 1 aromatic heterocycles. The third-order valence-electron chi connectivity index (χ3n) is 2.00. The first-order chi connectivity index (χ1) is 8.19. The number of nitrogen functional groups attached to an aromatic ring is 1. The Bertz CT molecular complexity index is 596. The Hall–Kier alpha value is -2.81. The van der Waals surface area contributed by atoms with Crippen molar-refractivity contribution in [3.63, 3.8) is 0 Å². The molecule has 0 radical (unpaired) electrons. The Kier molecular flexibility index (Phi) is 2.75. The minimum absolute atomic E-state index is 0.0209. The predicted octanol–water partition coefficient (Wildman–Crippen LogP) is 0.620. The van der Waals surface area contributed by atoms with Gasteiger partial charge in [-0.05, 0) is 18.2 Å². The van der Waals surface area contributed by atoms with E-state index >= 15 is 0 Å². The lowest BCUT2D eigenvalue weighted by Crippen LogP contribution is -2.13. The molecule has 6 nitrogen and oxygen atoms in total. The van der Waals surface area contributed by atoms with Gasteiger partial charge in [0, 0.05) is 11.3 Å². The normalized spacial score (nSPS) is 9.59. The molecule has 0 fully saturated rings. The Balaban J connectivity index is 2.16. The molecule has 0 aliphatic carbocycles. The lowest BCUT2D eigenvalue weighted by Gasteiger charge is -2.02. The summed E-state index contributed by atoms with van der Waals surface area (Å²) in [7, 11) is 0. The van der Waals surface area contributed by atoms with Crippen LogP contribution < -0.4 is 11.1 Å². The molecule has 0 unspecified atom stereocenters. The lowest BCUT2D eigenvalue weighted by atomic mass is 10.2. The number of aromatic amines is 1. The number of benzene rings is 1. The van der Waals surface area contributed by atoms with Crippen molar-refractivity contribution < 1.29 is 4.79 Å². The monoisotopic (exact) mass is 227 g/mol. The largest absolute Gasteiger partial charge is 0.366 e. The summed E-state index contributed by atoms with van der Waals surface area (Å²) in [6.07, 6.45) is 5.26. The minimum atomic E-state index is -0.427. The van der Waals surface area contributed by atoms with E-state index in [1.165, 1.54) is 0 Å². The zero-order valence-corrected chi connectivity index (χ0v) is 8.77. The number of nitrogens with two attached hydrogens (primary N) is 1. The van der Waals surface area contributed by atoms with E-state index < -0.39 is 5.91 Å². The van der Waals surface area contributed by atoms with Gasteiger partial charge in [-0.3, -0.25) is 9.89 Å². The van der Waals surface area contributed by atoms with Gasteiger partial charge in [0.15, 0.2) is 0 Å². The Morgan fingerprint density at radius 1 is 1.53 bits per heavy atom. The molecule has 0 saturated heterocycles. The first kappa shape index (κ1) is 10.7. The van der Waals surface area contributed by atoms with E-state index in [1.807, 2.05) is 0 Å². The van der Waals surface area contributed by atoms with Crippen molar-refractivity contribution in [1.29, 1.82) is 0 Å². The number of amides is 1. The Labute approximate surface area is 97.3 Å². The molecular formula is C11H9N5O. The summed E-state index contributed by atoms with van der Waals surface area (Å²) in [5, 5.41) is 8.60. The highest BCUT2D eigenvalue weighted by atomic mass is 16.2. The number of nitrogens with one attached hydrogen (secondary N) is 2. The standard InChI is InChI=1S/C11H9N5O/c1-2-7-4-3-5-8(6-7)13-10(17)9-14-11(12)16-15-9/h1,3-6H,(H,13,17)(H3,12,14,15,16). The lowest BCUT2D eigenvalue weighted by molar-refractivity contribution is 0.101. The molecule has 4 N–H and O–H groups in total. The van der Waals surface area contributed by atoms with Crippen molar-refractivity contribution in [2.75, 3.05) is 11.1 Å². The molecule has 84 valence electrons. The summed E-state index contributed by atoms with van der Waals surface area (Å²) in [4.78, 5) is 15.4. The average molecular weight is 227 g/mol. The van der Waals surface area contributed by atoms with Gasteiger partial charge in [0.2, 0.25) is 11.8 Å². The highest BCUT2D eigenvalue weighted by Gasteiger charge is 2.10. The SMILES string of the molecule is C#Cc1cccc(NC(=O)c2nc(N)n[nH]2)c1. The van der Waals surface area contributed by atoms with E-state index in [2.05, 4.69) is 26.4 Å². The summed E-state index contributed by atoms with van der Waals surface area (Å²) in [5.41, 5.74) is 6.56. The summed E-state index contributed by atoms with van der Waals surface area (Å²) in [6.45, 7) is 0. The van der Waals surface area contributed by atoms with E-state index in [-0.39, 0.29) is 11.8 Å². The third-order valence-corrected chi connectivity index (χ3v) is 2.00. The molecule has 1 heterocycles. The van der Waals surface area contributed by atoms with Gasteiger partial charge in [-0.25, -0.2) is 0 Å². The number of carbonyl (C=O) groups excluding carboxylic acids is 1. The van der Waals surface area contributed by atoms with Crippen molar-refractivity contribution >= 4 is 17.5 Å². The van der Waals surface area contributed by atoms with Gasteiger partial charge in [-0.1, -0.05) is 12.0 Å². The fraction of sp³-hybridized carbons (Fsp3) is 0. The molecule has 2 aromatic rings. The van der Waals surface area contributed by atoms with Crippen molar-refractivity contribution in [2.45, 2.75) is 0 Å². The molecule has 17 heavy (non-hydrogen) atoms. The maximum atomic E-state index is 11.7. The van der Waals surface area contributed by atoms with Gasteiger partial charge < -0.3 is 11.1 Å². The first-order valence-corrected chi connectivity index (χ1v) is 4.75. The van der Waals surface area contributed by atoms with E-state index in [1.54, 1.807) is 24.3 Å². The van der Waals surface area contributed by atoms with Crippen LogP contribution in [0, 0.1) is 12.3 Å². The van der Waals surface area contributed by atoms with E-state index in [9.17, 15) is 4.79 Å². The van der Waals surface area contributed by atoms with Crippen LogP contribution in [0.5, 0.6) is 0 Å². The van der Waals surface area contributed by atoms with Crippen molar-refractivity contribution in [3.05, 3.63) is 35.7 Å². The number of carbonyl (C=O) groups is 1. The topological polar surface area (TPSA) is 96.7 Å². The molecule has 1 aromatic carbocycles. The summed E-state index contributed by atoms with van der Waals surface area (Å²) in [6, 6.07) is 6.91. The highest BCUT2D eigenvalue weighted by Crippen LogP contribution is 2.10. The summed E-state index contributed by atoms with van der Waals surface area (Å²) in [5.74, 6) is 2.12. The van der Waals surface area contributed by atoms with Gasteiger partial charge in [0.05, 0.1) is 0 Å². The smallest absolute Gasteiger partial charge is 0.293 e. The molecule has 0 aliphatic heterocycles. The number of H-pyrrole nitrogens is 1. The maximum Gasteiger partial charge on any atom is 0.293 e. The second kappa shape index (κ2) is 4.37. The van der Waals surface area contributed by atoms with Crippen LogP contribution in [0.2, 0.25) is 0 Å². The molecule has 1 amide bonds. The fourth-order valence-electron chi connectivity index (χ4n) is 1.25. The van der Waals surface area contributed by atoms with Gasteiger partial charge in [0.25, 0.3) is 5.91 Å². The van der Waals surface area contributed by atoms with Gasteiger partial charge >= 0.3 is 0 Å². The van der Waals surface area contributed by atoms with Crippen LogP contribution in [0.4, 0.5) is 11.6 Å². The molecular weight excluding hydrogens is 218 g/mol. The third kappa shape index (κ3) is 2.41. The number of anilines is 2. The zero-order chi connectivity index (χ0) is 12.3. The van der Waals surface area contributed by atoms with Crippen LogP contribution in [0.15, 0.2) is 24.3 Å². The number of nitrogens with zero attached hydrogens (tertiary/aromatic N) is 2. The summed E-state index contributed by atoms with van der Waals surface area (Å²) >= 11 is 0. The number of aromatic nitrogens is 3. The molecule has 2 rings (SSSR count). The molecule has 0 saturated carbocycles. The van der Waals surface area contributed by atoms with E-state index in [4.69, 9.17) is 12.2 Å². The van der Waals surface area contributed by atoms with Crippen molar-refractivity contribution in [1.82, 2.24) is 15.2 Å². The van der Waals surface area contributed by atoms with Gasteiger partial charge in [-0.15, -0.1) is 11.5 Å². The van der Waals surface area contributed by atoms with Crippen molar-refractivity contribution in [3.8, 4) is 12.3 Å². The van der Waals surface area contributed by atoms with Crippen LogP contribution in [-0.4, -0.2) is 21.1 Å². The summed E-state index contributed by atoms with van der Waals surface area (Å²) < 4.78 is 0. The second-order valence-corrected chi connectivity index (χ2v) is 3.22. The van der Waals surface area contributed by atoms with Crippen LogP contribution in [-0.2, 0) is 0 Å². The first-order valence-electron chi connectivity index (χ1n) is 4.75. The van der Waals surface area contributed by atoms with Gasteiger partial charge in [0.1, 0.15) is 0 Å². The fourth-order valence-corrected chi connectivity index (χ4v) is 1.25. The Morgan fingerprint density at radius 3 is 3.00 bits per heavy atom. The zero-order valence-electron chi connectivity index (χ0n) is 8.77. The quantitative estimate of drug-likeness (QED) is 0.655. The van der Waals surface area contributed by atoms with Crippen LogP contribution >= 0.6 is 0 Å². The van der Waals surface area contributed by atoms with Crippen LogP contribution in [0.3, 0.4) is 0 Å². The van der Waals surface area contributed by atoms with Crippen LogP contribution in [0.1, 0.15) is 16.2 Å². The number of terminal acetylenes is 1. The molecule has 0 atom stereocenters. The Morgan fingerprint density at radius 2 is 2.35 bits per heavy atom. The molecule has 0 bridgehead atoms. The number of hydrogen-bond donors (Lipinski definition) is 3. The minimum Gasteiger partial charge on any atom is -0.366 e. The van der Waals surface area contributed by atoms with E-state index in [0.29, 0.717) is 11.3 Å².